The van der Waals surface area contributed by atoms with Crippen LogP contribution in [0.1, 0.15) is 233 Å². The number of hydrogen-bond donors (Lipinski definition) is 0. The second-order valence-electron chi connectivity index (χ2n) is 15.1. The first-order chi connectivity index (χ1) is 23.9. The van der Waals surface area contributed by atoms with Gasteiger partial charge in [0, 0.05) is 19.3 Å². The molecule has 0 spiro atoms. The molecule has 0 rings (SSSR count). The van der Waals surface area contributed by atoms with E-state index in [2.05, 4.69) is 27.7 Å². The average Bonchev–Trinajstić information content (AvgIpc) is 3.08. The predicted octanol–water partition coefficient (Wildman–Crippen LogP) is 13.2. The van der Waals surface area contributed by atoms with Gasteiger partial charge in [0.15, 0.2) is 6.10 Å². The molecule has 0 radical (unpaired) electrons. The van der Waals surface area contributed by atoms with E-state index in [4.69, 9.17) is 14.2 Å². The Labute approximate surface area is 304 Å². The van der Waals surface area contributed by atoms with Gasteiger partial charge in [0.1, 0.15) is 13.2 Å². The molecule has 0 aliphatic carbocycles. The maximum Gasteiger partial charge on any atom is 0.306 e. The standard InChI is InChI=1S/C43H82O6/c1-5-7-9-11-12-13-20-24-28-32-36-43(46)49-40(37-47-41(44)34-30-25-10-8-6-2)38-48-42(45)35-31-27-23-21-18-16-14-15-17-19-22-26-29-33-39(3)4/h39-40H,5-38H2,1-4H3/t40-/m1/s1. The van der Waals surface area contributed by atoms with Crippen molar-refractivity contribution >= 4 is 17.9 Å². The lowest BCUT2D eigenvalue weighted by Crippen LogP contribution is -2.30. The molecule has 0 aliphatic rings. The van der Waals surface area contributed by atoms with Gasteiger partial charge in [-0.15, -0.1) is 0 Å². The molecule has 0 amide bonds. The fraction of sp³-hybridized carbons (Fsp3) is 0.930. The Morgan fingerprint density at radius 1 is 0.388 bits per heavy atom. The lowest BCUT2D eigenvalue weighted by Gasteiger charge is -2.18. The molecular weight excluding hydrogens is 612 g/mol. The van der Waals surface area contributed by atoms with Crippen molar-refractivity contribution in [1.29, 1.82) is 0 Å². The van der Waals surface area contributed by atoms with E-state index in [-0.39, 0.29) is 31.1 Å². The van der Waals surface area contributed by atoms with Gasteiger partial charge in [0.25, 0.3) is 0 Å². The van der Waals surface area contributed by atoms with Gasteiger partial charge in [0.2, 0.25) is 0 Å². The molecule has 0 fully saturated rings. The minimum atomic E-state index is -0.756. The molecule has 0 aromatic rings. The third-order valence-corrected chi connectivity index (χ3v) is 9.54. The fourth-order valence-corrected chi connectivity index (χ4v) is 6.27. The van der Waals surface area contributed by atoms with E-state index < -0.39 is 6.10 Å². The normalized spacial score (nSPS) is 11.9. The Morgan fingerprint density at radius 2 is 0.673 bits per heavy atom. The summed E-state index contributed by atoms with van der Waals surface area (Å²) < 4.78 is 16.6. The average molecular weight is 695 g/mol. The maximum absolute atomic E-state index is 12.6. The van der Waals surface area contributed by atoms with Crippen LogP contribution in [0, 0.1) is 5.92 Å². The van der Waals surface area contributed by atoms with Crippen molar-refractivity contribution in [3.8, 4) is 0 Å². The number of hydrogen-bond acceptors (Lipinski definition) is 6. The van der Waals surface area contributed by atoms with Gasteiger partial charge in [-0.3, -0.25) is 14.4 Å². The largest absolute Gasteiger partial charge is 0.462 e. The summed E-state index contributed by atoms with van der Waals surface area (Å²) in [4.78, 5) is 37.3. The van der Waals surface area contributed by atoms with Gasteiger partial charge in [0.05, 0.1) is 0 Å². The fourth-order valence-electron chi connectivity index (χ4n) is 6.27. The van der Waals surface area contributed by atoms with E-state index >= 15 is 0 Å². The number of ether oxygens (including phenoxy) is 3. The topological polar surface area (TPSA) is 78.9 Å². The molecule has 6 heteroatoms. The molecule has 0 aromatic carbocycles. The second kappa shape index (κ2) is 37.7. The molecule has 0 heterocycles. The van der Waals surface area contributed by atoms with Crippen LogP contribution < -0.4 is 0 Å². The molecule has 6 nitrogen and oxygen atoms in total. The summed E-state index contributed by atoms with van der Waals surface area (Å²) in [6.45, 7) is 8.90. The van der Waals surface area contributed by atoms with Gasteiger partial charge < -0.3 is 14.2 Å². The highest BCUT2D eigenvalue weighted by atomic mass is 16.6. The lowest BCUT2D eigenvalue weighted by atomic mass is 10.0. The molecule has 0 bridgehead atoms. The molecular formula is C43H82O6. The maximum atomic E-state index is 12.6. The van der Waals surface area contributed by atoms with Crippen LogP contribution in [0.15, 0.2) is 0 Å². The Morgan fingerprint density at radius 3 is 1.00 bits per heavy atom. The van der Waals surface area contributed by atoms with Crippen LogP contribution in [0.25, 0.3) is 0 Å². The van der Waals surface area contributed by atoms with Crippen molar-refractivity contribution in [2.24, 2.45) is 5.92 Å². The van der Waals surface area contributed by atoms with Crippen LogP contribution in [-0.4, -0.2) is 37.2 Å². The van der Waals surface area contributed by atoms with Crippen LogP contribution in [0.4, 0.5) is 0 Å². The number of carbonyl (C=O) groups is 3. The van der Waals surface area contributed by atoms with Gasteiger partial charge in [-0.2, -0.15) is 0 Å². The zero-order valence-electron chi connectivity index (χ0n) is 33.1. The van der Waals surface area contributed by atoms with Crippen molar-refractivity contribution in [3.05, 3.63) is 0 Å². The highest BCUT2D eigenvalue weighted by Crippen LogP contribution is 2.16. The first kappa shape index (κ1) is 47.4. The smallest absolute Gasteiger partial charge is 0.306 e. The van der Waals surface area contributed by atoms with Crippen molar-refractivity contribution in [2.45, 2.75) is 239 Å². The Kier molecular flexibility index (Phi) is 36.4. The molecule has 0 aliphatic heterocycles. The Hall–Kier alpha value is -1.59. The number of rotatable bonds is 38. The SMILES string of the molecule is CCCCCCCCCCCCC(=O)O[C@H](COC(=O)CCCCCCC)COC(=O)CCCCCCCCCCCCCCCC(C)C. The van der Waals surface area contributed by atoms with Gasteiger partial charge in [-0.25, -0.2) is 0 Å². The Bertz CT molecular complexity index is 736. The third-order valence-electron chi connectivity index (χ3n) is 9.54. The van der Waals surface area contributed by atoms with Gasteiger partial charge in [-0.05, 0) is 25.2 Å². The van der Waals surface area contributed by atoms with Crippen LogP contribution in [0.5, 0.6) is 0 Å². The molecule has 290 valence electrons. The summed E-state index contributed by atoms with van der Waals surface area (Å²) in [7, 11) is 0. The second-order valence-corrected chi connectivity index (χ2v) is 15.1. The van der Waals surface area contributed by atoms with Crippen molar-refractivity contribution in [1.82, 2.24) is 0 Å². The van der Waals surface area contributed by atoms with E-state index in [1.807, 2.05) is 0 Å². The quantitative estimate of drug-likeness (QED) is 0.0364. The van der Waals surface area contributed by atoms with E-state index in [1.54, 1.807) is 0 Å². The van der Waals surface area contributed by atoms with Gasteiger partial charge >= 0.3 is 17.9 Å². The van der Waals surface area contributed by atoms with Crippen molar-refractivity contribution in [3.63, 3.8) is 0 Å². The van der Waals surface area contributed by atoms with E-state index in [9.17, 15) is 14.4 Å². The third kappa shape index (κ3) is 37.5. The first-order valence-electron chi connectivity index (χ1n) is 21.4. The van der Waals surface area contributed by atoms with Crippen LogP contribution in [0.2, 0.25) is 0 Å². The molecule has 0 saturated carbocycles. The summed E-state index contributed by atoms with van der Waals surface area (Å²) >= 11 is 0. The molecule has 1 atom stereocenters. The van der Waals surface area contributed by atoms with E-state index in [0.29, 0.717) is 19.3 Å². The van der Waals surface area contributed by atoms with Crippen LogP contribution in [0.3, 0.4) is 0 Å². The number of carbonyl (C=O) groups excluding carboxylic acids is 3. The summed E-state index contributed by atoms with van der Waals surface area (Å²) in [5, 5.41) is 0. The minimum absolute atomic E-state index is 0.0651. The molecule has 0 aromatic heterocycles. The summed E-state index contributed by atoms with van der Waals surface area (Å²) in [6, 6.07) is 0. The summed E-state index contributed by atoms with van der Waals surface area (Å²) in [6.07, 6.45) is 35.4. The lowest BCUT2D eigenvalue weighted by molar-refractivity contribution is -0.167. The number of esters is 3. The zero-order valence-corrected chi connectivity index (χ0v) is 33.1. The summed E-state index contributed by atoms with van der Waals surface area (Å²) in [5.74, 6) is -0.0335. The van der Waals surface area contributed by atoms with E-state index in [1.165, 1.54) is 122 Å². The summed E-state index contributed by atoms with van der Waals surface area (Å²) in [5.41, 5.74) is 0. The van der Waals surface area contributed by atoms with Crippen molar-refractivity contribution < 1.29 is 28.6 Å². The van der Waals surface area contributed by atoms with Crippen LogP contribution in [-0.2, 0) is 28.6 Å². The monoisotopic (exact) mass is 695 g/mol. The van der Waals surface area contributed by atoms with E-state index in [0.717, 1.165) is 70.1 Å². The zero-order chi connectivity index (χ0) is 36.0. The Balaban J connectivity index is 4.17. The molecule has 0 saturated heterocycles. The molecule has 0 N–H and O–H groups in total. The number of unbranched alkanes of at least 4 members (excludes halogenated alkanes) is 25. The highest BCUT2D eigenvalue weighted by Gasteiger charge is 2.19. The highest BCUT2D eigenvalue weighted by molar-refractivity contribution is 5.71. The van der Waals surface area contributed by atoms with Gasteiger partial charge in [-0.1, -0.05) is 195 Å². The minimum Gasteiger partial charge on any atom is -0.462 e. The first-order valence-corrected chi connectivity index (χ1v) is 21.4. The predicted molar refractivity (Wildman–Crippen MR) is 206 cm³/mol. The molecule has 0 unspecified atom stereocenters. The van der Waals surface area contributed by atoms with Crippen LogP contribution >= 0.6 is 0 Å². The van der Waals surface area contributed by atoms with Crippen molar-refractivity contribution in [2.75, 3.05) is 13.2 Å². The molecule has 49 heavy (non-hydrogen) atoms.